The number of fused-ring (bicyclic) bond motifs is 3. The molecule has 9 nitrogen and oxygen atoms in total. The van der Waals surface area contributed by atoms with Crippen LogP contribution in [-0.4, -0.2) is 73.0 Å². The largest absolute Gasteiger partial charge is 0.491 e. The van der Waals surface area contributed by atoms with E-state index in [1.54, 1.807) is 0 Å². The average molecular weight is 590 g/mol. The second-order valence-corrected chi connectivity index (χ2v) is 10.8. The van der Waals surface area contributed by atoms with Crippen LogP contribution in [0, 0.1) is 11.6 Å². The minimum Gasteiger partial charge on any atom is -0.491 e. The zero-order valence-corrected chi connectivity index (χ0v) is 23.5. The lowest BCUT2D eigenvalue weighted by molar-refractivity contribution is 0.0398. The Kier molecular flexibility index (Phi) is 8.45. The molecule has 0 spiro atoms. The van der Waals surface area contributed by atoms with Gasteiger partial charge >= 0.3 is 0 Å². The lowest BCUT2D eigenvalue weighted by Gasteiger charge is -2.26. The predicted molar refractivity (Wildman–Crippen MR) is 161 cm³/mol. The Morgan fingerprint density at radius 2 is 1.98 bits per heavy atom. The number of nitrogens with zero attached hydrogens (tertiary/aromatic N) is 5. The van der Waals surface area contributed by atoms with Crippen molar-refractivity contribution in [2.75, 3.05) is 51.3 Å². The molecule has 1 saturated heterocycles. The normalized spacial score (nSPS) is 15.6. The highest BCUT2D eigenvalue weighted by atomic mass is 32.1. The number of benzene rings is 1. The van der Waals surface area contributed by atoms with Crippen LogP contribution in [0.5, 0.6) is 5.75 Å². The molecule has 0 amide bonds. The van der Waals surface area contributed by atoms with Crippen LogP contribution < -0.4 is 15.8 Å². The monoisotopic (exact) mass is 589 g/mol. The molecule has 216 valence electrons. The fraction of sp³-hybridized carbons (Fsp3) is 0.267. The van der Waals surface area contributed by atoms with Crippen molar-refractivity contribution >= 4 is 35.0 Å². The highest BCUT2D eigenvalue weighted by Crippen LogP contribution is 2.41. The summed E-state index contributed by atoms with van der Waals surface area (Å²) in [4.78, 5) is 22.0. The summed E-state index contributed by atoms with van der Waals surface area (Å²) in [5.74, 6) is 0.239. The minimum atomic E-state index is -0.783. The van der Waals surface area contributed by atoms with E-state index in [1.807, 2.05) is 36.5 Å². The predicted octanol–water partition coefficient (Wildman–Crippen LogP) is 4.89. The third-order valence-electron chi connectivity index (χ3n) is 6.96. The van der Waals surface area contributed by atoms with E-state index in [0.717, 1.165) is 85.4 Å². The third-order valence-corrected chi connectivity index (χ3v) is 8.14. The van der Waals surface area contributed by atoms with Crippen LogP contribution in [-0.2, 0) is 11.2 Å². The number of nitrogens with one attached hydrogen (secondary N) is 1. The van der Waals surface area contributed by atoms with Crippen molar-refractivity contribution in [3.8, 4) is 27.6 Å². The SMILES string of the molecule is NC=NC(=Nc1ccc(F)cc1F)c1cc2c(s1)-c1nc(-c3ccc(NCCN4CCOCC4)nc3)ccc1OCC2. The standard InChI is InChI=1S/C30H29F2N7O2S/c31-21-2-3-24(22(32)16-21)38-30(36-18-33)26-15-19-7-12-41-25-5-4-23(37-28(25)29(19)42-26)20-1-6-27(35-17-20)34-8-9-39-10-13-40-14-11-39/h1-6,15-18H,7-14H2,(H,34,35)(H2,33,36,38). The molecule has 0 radical (unpaired) electrons. The highest BCUT2D eigenvalue weighted by molar-refractivity contribution is 7.17. The van der Waals surface area contributed by atoms with Crippen molar-refractivity contribution in [3.63, 3.8) is 0 Å². The van der Waals surface area contributed by atoms with Gasteiger partial charge in [-0.05, 0) is 48.0 Å². The summed E-state index contributed by atoms with van der Waals surface area (Å²) in [6.45, 7) is 5.69. The molecule has 4 aromatic rings. The Morgan fingerprint density at radius 1 is 1.10 bits per heavy atom. The lowest BCUT2D eigenvalue weighted by Crippen LogP contribution is -2.39. The smallest absolute Gasteiger partial charge is 0.171 e. The van der Waals surface area contributed by atoms with Gasteiger partial charge in [0.2, 0.25) is 0 Å². The molecule has 3 N–H and O–H groups in total. The number of anilines is 1. The van der Waals surface area contributed by atoms with Crippen LogP contribution in [0.15, 0.2) is 64.7 Å². The number of amidine groups is 1. The van der Waals surface area contributed by atoms with Gasteiger partial charge in [-0.3, -0.25) is 4.90 Å². The third kappa shape index (κ3) is 6.30. The average Bonchev–Trinajstić information content (AvgIpc) is 3.35. The number of hydrogen-bond acceptors (Lipinski definition) is 8. The Labute approximate surface area is 245 Å². The molecule has 5 heterocycles. The van der Waals surface area contributed by atoms with Gasteiger partial charge in [-0.2, -0.15) is 0 Å². The van der Waals surface area contributed by atoms with E-state index in [2.05, 4.69) is 25.2 Å². The molecule has 0 aliphatic carbocycles. The van der Waals surface area contributed by atoms with E-state index in [9.17, 15) is 8.78 Å². The number of aromatic nitrogens is 2. The van der Waals surface area contributed by atoms with Gasteiger partial charge in [-0.25, -0.2) is 28.7 Å². The van der Waals surface area contributed by atoms with Crippen LogP contribution in [0.1, 0.15) is 10.4 Å². The lowest BCUT2D eigenvalue weighted by atomic mass is 10.1. The molecular weight excluding hydrogens is 560 g/mol. The number of halogens is 2. The summed E-state index contributed by atoms with van der Waals surface area (Å²) >= 11 is 1.42. The summed E-state index contributed by atoms with van der Waals surface area (Å²) in [5, 5.41) is 3.38. The second kappa shape index (κ2) is 12.7. The zero-order valence-electron chi connectivity index (χ0n) is 22.7. The number of hydrogen-bond donors (Lipinski definition) is 2. The number of pyridine rings is 2. The molecule has 0 saturated carbocycles. The molecule has 6 rings (SSSR count). The second-order valence-electron chi connectivity index (χ2n) is 9.73. The van der Waals surface area contributed by atoms with Crippen LogP contribution >= 0.6 is 11.3 Å². The summed E-state index contributed by atoms with van der Waals surface area (Å²) in [7, 11) is 0. The summed E-state index contributed by atoms with van der Waals surface area (Å²) in [6, 6.07) is 12.9. The molecule has 1 fully saturated rings. The molecule has 2 aliphatic rings. The topological polar surface area (TPSA) is 110 Å². The summed E-state index contributed by atoms with van der Waals surface area (Å²) in [5.41, 5.74) is 8.91. The van der Waals surface area contributed by atoms with Crippen molar-refractivity contribution < 1.29 is 18.3 Å². The first-order valence-electron chi connectivity index (χ1n) is 13.6. The molecule has 0 atom stereocenters. The molecule has 3 aromatic heterocycles. The Balaban J connectivity index is 1.25. The van der Waals surface area contributed by atoms with Gasteiger partial charge in [0.05, 0.1) is 41.6 Å². The van der Waals surface area contributed by atoms with E-state index in [-0.39, 0.29) is 11.5 Å². The fourth-order valence-electron chi connectivity index (χ4n) is 4.80. The van der Waals surface area contributed by atoms with Gasteiger partial charge < -0.3 is 20.5 Å². The van der Waals surface area contributed by atoms with Crippen LogP contribution in [0.3, 0.4) is 0 Å². The highest BCUT2D eigenvalue weighted by Gasteiger charge is 2.23. The van der Waals surface area contributed by atoms with Gasteiger partial charge in [-0.15, -0.1) is 11.3 Å². The Hall–Kier alpha value is -4.26. The summed E-state index contributed by atoms with van der Waals surface area (Å²) in [6.07, 6.45) is 3.56. The van der Waals surface area contributed by atoms with Crippen LogP contribution in [0.2, 0.25) is 0 Å². The van der Waals surface area contributed by atoms with Crippen LogP contribution in [0.25, 0.3) is 21.8 Å². The molecular formula is C30H29F2N7O2S. The Morgan fingerprint density at radius 3 is 2.76 bits per heavy atom. The van der Waals surface area contributed by atoms with Gasteiger partial charge in [0, 0.05) is 50.4 Å². The molecule has 0 unspecified atom stereocenters. The molecule has 42 heavy (non-hydrogen) atoms. The first-order valence-corrected chi connectivity index (χ1v) is 14.4. The number of morpholine rings is 1. The van der Waals surface area contributed by atoms with Crippen LogP contribution in [0.4, 0.5) is 20.3 Å². The molecule has 2 aliphatic heterocycles. The fourth-order valence-corrected chi connectivity index (χ4v) is 5.95. The van der Waals surface area contributed by atoms with Crippen molar-refractivity contribution in [1.29, 1.82) is 0 Å². The quantitative estimate of drug-likeness (QED) is 0.233. The van der Waals surface area contributed by atoms with Crippen molar-refractivity contribution in [1.82, 2.24) is 14.9 Å². The van der Waals surface area contributed by atoms with Gasteiger partial charge in [0.25, 0.3) is 0 Å². The van der Waals surface area contributed by atoms with E-state index in [1.165, 1.54) is 17.4 Å². The van der Waals surface area contributed by atoms with Gasteiger partial charge in [-0.1, -0.05) is 0 Å². The van der Waals surface area contributed by atoms with Gasteiger partial charge in [0.15, 0.2) is 11.7 Å². The van der Waals surface area contributed by atoms with E-state index >= 15 is 0 Å². The number of ether oxygens (including phenoxy) is 2. The molecule has 1 aromatic carbocycles. The van der Waals surface area contributed by atoms with Crippen molar-refractivity contribution in [3.05, 3.63) is 76.8 Å². The van der Waals surface area contributed by atoms with E-state index < -0.39 is 11.6 Å². The minimum absolute atomic E-state index is 0.0312. The number of rotatable bonds is 7. The summed E-state index contributed by atoms with van der Waals surface area (Å²) < 4.78 is 39.2. The van der Waals surface area contributed by atoms with Crippen molar-refractivity contribution in [2.45, 2.75) is 6.42 Å². The maximum atomic E-state index is 14.3. The number of nitrogens with two attached hydrogens (primary N) is 1. The number of thiophene rings is 1. The van der Waals surface area contributed by atoms with E-state index in [0.29, 0.717) is 29.3 Å². The molecule has 0 bridgehead atoms. The zero-order chi connectivity index (χ0) is 28.9. The first-order chi connectivity index (χ1) is 20.6. The maximum absolute atomic E-state index is 14.3. The molecule has 12 heteroatoms. The Bertz CT molecular complexity index is 1620. The maximum Gasteiger partial charge on any atom is 0.171 e. The van der Waals surface area contributed by atoms with E-state index in [4.69, 9.17) is 20.2 Å². The van der Waals surface area contributed by atoms with Crippen molar-refractivity contribution in [2.24, 2.45) is 15.7 Å². The van der Waals surface area contributed by atoms with Gasteiger partial charge in [0.1, 0.15) is 28.8 Å². The first kappa shape index (κ1) is 27.9. The number of aliphatic imine (C=N–C) groups is 2.